The van der Waals surface area contributed by atoms with Crippen LogP contribution in [0.3, 0.4) is 0 Å². The van der Waals surface area contributed by atoms with E-state index in [0.29, 0.717) is 82.8 Å². The van der Waals surface area contributed by atoms with Gasteiger partial charge in [-0.2, -0.15) is 21.0 Å². The number of likely N-dealkylation sites (tertiary alicyclic amines) is 4. The molecular formula is C42H79ClN6O18S3. The van der Waals surface area contributed by atoms with E-state index in [0.717, 1.165) is 6.26 Å². The number of rotatable bonds is 9. The quantitative estimate of drug-likeness (QED) is 0.0596. The fourth-order valence-corrected chi connectivity index (χ4v) is 9.66. The monoisotopic (exact) mass is 1090 g/mol. The van der Waals surface area contributed by atoms with Crippen molar-refractivity contribution in [3.8, 4) is 0 Å². The summed E-state index contributed by atoms with van der Waals surface area (Å²) in [5.74, 6) is 0.657. The van der Waals surface area contributed by atoms with Crippen molar-refractivity contribution in [1.29, 1.82) is 0 Å². The summed E-state index contributed by atoms with van der Waals surface area (Å²) in [6.45, 7) is 9.93. The second-order valence-electron chi connectivity index (χ2n) is 17.6. The highest BCUT2D eigenvalue weighted by Gasteiger charge is 2.35. The van der Waals surface area contributed by atoms with Gasteiger partial charge in [0.25, 0.3) is 10.1 Å². The molecular weight excluding hydrogens is 1010 g/mol. The summed E-state index contributed by atoms with van der Waals surface area (Å²) >= 11 is 5.31. The Morgan fingerprint density at radius 1 is 0.600 bits per heavy atom. The number of β-amino-alcohol motifs (C(OH)–C–C–N with tert-alkyl or cyclic N) is 6. The third kappa shape index (κ3) is 26.0. The maximum Gasteiger partial charge on any atom is 0.322 e. The summed E-state index contributed by atoms with van der Waals surface area (Å²) in [6.07, 6.45) is 1.73. The van der Waals surface area contributed by atoms with E-state index in [9.17, 15) is 52.5 Å². The minimum absolute atomic E-state index is 0. The van der Waals surface area contributed by atoms with Crippen LogP contribution >= 0.6 is 36.8 Å². The van der Waals surface area contributed by atoms with Crippen molar-refractivity contribution in [3.05, 3.63) is 0 Å². The van der Waals surface area contributed by atoms with Gasteiger partial charge in [0.1, 0.15) is 6.04 Å². The first-order valence-corrected chi connectivity index (χ1v) is 26.1. The van der Waals surface area contributed by atoms with Gasteiger partial charge in [-0.25, -0.2) is 0 Å². The molecule has 24 nitrogen and oxygen atoms in total. The number of halogens is 1. The van der Waals surface area contributed by atoms with E-state index in [-0.39, 0.29) is 122 Å². The van der Waals surface area contributed by atoms with Crippen molar-refractivity contribution < 1.29 is 87.0 Å². The van der Waals surface area contributed by atoms with Crippen LogP contribution in [-0.2, 0) is 47.8 Å². The number of carbonyl (C=O) groups is 6. The van der Waals surface area contributed by atoms with Crippen LogP contribution in [0.1, 0.15) is 73.1 Å². The molecule has 0 radical (unpaired) electrons. The molecule has 6 aliphatic rings. The lowest BCUT2D eigenvalue weighted by Crippen LogP contribution is -2.37. The summed E-state index contributed by atoms with van der Waals surface area (Å²) in [5, 5.41) is 78.1. The molecule has 6 aliphatic heterocycles. The number of esters is 1. The molecule has 6 saturated heterocycles. The predicted octanol–water partition coefficient (Wildman–Crippen LogP) is -3.94. The fourth-order valence-electron chi connectivity index (χ4n) is 8.16. The summed E-state index contributed by atoms with van der Waals surface area (Å²) in [7, 11) is -2.16. The van der Waals surface area contributed by atoms with Crippen molar-refractivity contribution in [1.82, 2.24) is 30.2 Å². The average molecular weight is 1090 g/mol. The van der Waals surface area contributed by atoms with Crippen LogP contribution in [0, 0.1) is 0 Å². The van der Waals surface area contributed by atoms with Crippen LogP contribution in [0.5, 0.6) is 0 Å². The minimum atomic E-state index is -3.50. The number of carbonyl (C=O) groups excluding carboxylic acids is 6. The number of aliphatic hydroxyl groups excluding tert-OH is 8. The molecule has 70 heavy (non-hydrogen) atoms. The van der Waals surface area contributed by atoms with Gasteiger partial charge in [0.05, 0.1) is 81.9 Å². The van der Waals surface area contributed by atoms with Gasteiger partial charge in [-0.15, -0.1) is 12.4 Å². The number of aliphatic hydroxyl groups is 8. The first-order valence-electron chi connectivity index (χ1n) is 22.7. The molecule has 6 heterocycles. The second-order valence-corrected chi connectivity index (χ2v) is 20.8. The van der Waals surface area contributed by atoms with Gasteiger partial charge in [0.15, 0.2) is 5.12 Å². The van der Waals surface area contributed by atoms with E-state index >= 15 is 0 Å². The zero-order chi connectivity index (χ0) is 52.8. The maximum atomic E-state index is 11.2. The lowest BCUT2D eigenvalue weighted by molar-refractivity contribution is -0.143. The van der Waals surface area contributed by atoms with E-state index in [2.05, 4.69) is 32.2 Å². The summed E-state index contributed by atoms with van der Waals surface area (Å²) in [5.41, 5.74) is 0. The maximum absolute atomic E-state index is 11.2. The van der Waals surface area contributed by atoms with Gasteiger partial charge in [-0.1, -0.05) is 11.8 Å². The number of thiol groups is 1. The Morgan fingerprint density at radius 3 is 1.31 bits per heavy atom. The number of methoxy groups -OCH3 is 1. The van der Waals surface area contributed by atoms with E-state index in [4.69, 9.17) is 25.5 Å². The Hall–Kier alpha value is -2.48. The molecule has 0 aromatic carbocycles. The lowest BCUT2D eigenvalue weighted by atomic mass is 10.2. The van der Waals surface area contributed by atoms with Crippen LogP contribution in [0.4, 0.5) is 0 Å². The molecule has 6 rings (SSSR count). The van der Waals surface area contributed by atoms with Gasteiger partial charge < -0.3 is 75.8 Å². The highest BCUT2D eigenvalue weighted by Crippen LogP contribution is 2.23. The van der Waals surface area contributed by atoms with Crippen LogP contribution in [0.15, 0.2) is 0 Å². The first-order chi connectivity index (χ1) is 32.2. The van der Waals surface area contributed by atoms with E-state index < -0.39 is 34.5 Å². The molecule has 0 aliphatic carbocycles. The largest absolute Gasteiger partial charge is 0.468 e. The van der Waals surface area contributed by atoms with Gasteiger partial charge >= 0.3 is 5.97 Å². The standard InChI is InChI=1S/C9H15NO3S.C8H15NO5S.C7H13NO3.C7H13NO2S.C6H11NO3.C5H11NO2.ClH/c1-6(11)10-4-9(13)3-8(10)5-14-7(2)12;1-6(10)9-4-8(11)3-7(9)5-14-15(2,12)13;1-5(10)8-3-7(11)2-6(8)4-9;1-5(9)8-3-7(10)2-6(8)4-11;1-10-6(9)5-2-4(8)3-7-5;7-3-4-1-5(8)2-6-4;/h8-9,13H,3-5H2,1-2H3;7-8,11H,3-5H2,1-2H3;6-7,9,11H,2-4H2,1H3;6-7,10-11H,2-4H2,1H3;4-5,7-8H,2-3H2,1H3;4-8H,1-3H2;1H/t8-,9+;7-,8+;2*6-,7+;2*4-,5+;/m000010./s1. The van der Waals surface area contributed by atoms with E-state index in [1.54, 1.807) is 9.80 Å². The average Bonchev–Trinajstić information content (AvgIpc) is 4.14. The number of ether oxygens (including phenoxy) is 1. The molecule has 28 heteroatoms. The zero-order valence-electron chi connectivity index (χ0n) is 41.1. The van der Waals surface area contributed by atoms with Crippen LogP contribution in [0.2, 0.25) is 0 Å². The van der Waals surface area contributed by atoms with Crippen molar-refractivity contribution in [2.75, 3.05) is 84.0 Å². The highest BCUT2D eigenvalue weighted by atomic mass is 35.5. The molecule has 0 saturated carbocycles. The smallest absolute Gasteiger partial charge is 0.322 e. The molecule has 10 N–H and O–H groups in total. The Kier molecular flexibility index (Phi) is 32.9. The third-order valence-electron chi connectivity index (χ3n) is 11.6. The number of nitrogens with one attached hydrogen (secondary N) is 2. The minimum Gasteiger partial charge on any atom is -0.468 e. The number of amides is 4. The van der Waals surface area contributed by atoms with Crippen LogP contribution in [0.25, 0.3) is 0 Å². The van der Waals surface area contributed by atoms with Crippen molar-refractivity contribution in [2.24, 2.45) is 0 Å². The predicted molar refractivity (Wildman–Crippen MR) is 263 cm³/mol. The number of thioether (sulfide) groups is 1. The van der Waals surface area contributed by atoms with Gasteiger partial charge in [0.2, 0.25) is 23.6 Å². The SMILES string of the molecule is CC(=O)N1C[C@H](O)C[C@H]1CO.CC(=O)N1C[C@H](O)C[C@H]1COS(C)(=O)=O.CC(=O)N1C[C@H](O)C[C@H]1CS.CC(=O)SC[C@@H]1C[C@@H](O)CN1C(C)=O.COC(=O)[C@@H]1C[C@@H](O)CN1.Cl.OC[C@@H]1C[C@@H](O)CN1. The van der Waals surface area contributed by atoms with E-state index in [1.165, 1.54) is 63.3 Å². The molecule has 12 atom stereocenters. The summed E-state index contributed by atoms with van der Waals surface area (Å²) < 4.78 is 30.6. The zero-order valence-corrected chi connectivity index (χ0v) is 44.4. The third-order valence-corrected chi connectivity index (χ3v) is 13.5. The van der Waals surface area contributed by atoms with Gasteiger partial charge in [-0.05, 0) is 32.1 Å². The summed E-state index contributed by atoms with van der Waals surface area (Å²) in [4.78, 5) is 71.9. The number of nitrogens with zero attached hydrogens (tertiary/aromatic N) is 4. The van der Waals surface area contributed by atoms with Gasteiger partial charge in [-0.3, -0.25) is 33.0 Å². The molecule has 0 unspecified atom stereocenters. The first kappa shape index (κ1) is 67.5. The van der Waals surface area contributed by atoms with Crippen molar-refractivity contribution in [2.45, 2.75) is 146 Å². The molecule has 0 spiro atoms. The molecule has 410 valence electrons. The van der Waals surface area contributed by atoms with E-state index in [1.807, 2.05) is 0 Å². The lowest BCUT2D eigenvalue weighted by Gasteiger charge is -2.21. The molecule has 4 amide bonds. The van der Waals surface area contributed by atoms with Crippen LogP contribution < -0.4 is 10.6 Å². The van der Waals surface area contributed by atoms with Crippen molar-refractivity contribution in [3.63, 3.8) is 0 Å². The van der Waals surface area contributed by atoms with Crippen molar-refractivity contribution >= 4 is 81.6 Å². The van der Waals surface area contributed by atoms with Gasteiger partial charge in [0, 0.05) is 110 Å². The fraction of sp³-hybridized carbons (Fsp3) is 0.857. The number of hydrogen-bond donors (Lipinski definition) is 11. The molecule has 0 bridgehead atoms. The molecule has 0 aromatic heterocycles. The summed E-state index contributed by atoms with van der Waals surface area (Å²) in [6, 6.07) is -0.568. The van der Waals surface area contributed by atoms with Crippen LogP contribution in [-0.4, -0.2) is 260 Å². The normalized spacial score (nSPS) is 29.8. The Morgan fingerprint density at radius 2 is 1.00 bits per heavy atom. The molecule has 0 aromatic rings. The second kappa shape index (κ2) is 34.1. The topological polar surface area (TPSA) is 354 Å². The Balaban J connectivity index is 0.000000822. The Labute approximate surface area is 427 Å². The Bertz CT molecular complexity index is 1700. The highest BCUT2D eigenvalue weighted by molar-refractivity contribution is 8.13. The number of hydrogen-bond acceptors (Lipinski definition) is 22. The molecule has 6 fully saturated rings.